The van der Waals surface area contributed by atoms with E-state index in [0.717, 1.165) is 11.3 Å². The molecule has 0 fully saturated rings. The van der Waals surface area contributed by atoms with Crippen molar-refractivity contribution in [3.05, 3.63) is 35.5 Å². The predicted octanol–water partition coefficient (Wildman–Crippen LogP) is 2.64. The van der Waals surface area contributed by atoms with Gasteiger partial charge in [-0.15, -0.1) is 11.3 Å². The van der Waals surface area contributed by atoms with Crippen molar-refractivity contribution in [1.29, 1.82) is 0 Å². The van der Waals surface area contributed by atoms with E-state index < -0.39 is 10.0 Å². The van der Waals surface area contributed by atoms with Crippen LogP contribution in [-0.4, -0.2) is 25.4 Å². The molecule has 0 radical (unpaired) electrons. The monoisotopic (exact) mass is 365 g/mol. The summed E-state index contributed by atoms with van der Waals surface area (Å²) in [5, 5.41) is 5.44. The number of nitrogens with zero attached hydrogens (tertiary/aromatic N) is 2. The highest BCUT2D eigenvalue weighted by molar-refractivity contribution is 7.94. The zero-order valence-electron chi connectivity index (χ0n) is 12.3. The van der Waals surface area contributed by atoms with Crippen LogP contribution in [0.3, 0.4) is 0 Å². The molecule has 0 spiro atoms. The van der Waals surface area contributed by atoms with Crippen molar-refractivity contribution in [3.8, 4) is 22.9 Å². The first-order chi connectivity index (χ1) is 11.5. The van der Waals surface area contributed by atoms with Gasteiger partial charge in [0.25, 0.3) is 10.0 Å². The molecule has 0 saturated carbocycles. The maximum atomic E-state index is 12.5. The second-order valence-corrected chi connectivity index (χ2v) is 7.79. The Bertz CT molecular complexity index is 1010. The number of hydrogen-bond donors (Lipinski definition) is 1. The minimum absolute atomic E-state index is 0.129. The van der Waals surface area contributed by atoms with Gasteiger partial charge in [0, 0.05) is 23.9 Å². The third-order valence-corrected chi connectivity index (χ3v) is 6.07. The van der Waals surface area contributed by atoms with Crippen LogP contribution in [0.1, 0.15) is 5.89 Å². The van der Waals surface area contributed by atoms with E-state index in [1.807, 2.05) is 0 Å². The van der Waals surface area contributed by atoms with E-state index in [2.05, 4.69) is 14.9 Å². The van der Waals surface area contributed by atoms with Gasteiger partial charge in [0.15, 0.2) is 11.5 Å². The number of fused-ring (bicyclic) bond motifs is 1. The van der Waals surface area contributed by atoms with Crippen LogP contribution in [0, 0.1) is 6.92 Å². The minimum Gasteiger partial charge on any atom is -0.454 e. The molecular formula is C14H11N3O5S2. The highest BCUT2D eigenvalue weighted by Gasteiger charge is 2.21. The minimum atomic E-state index is -3.73. The molecule has 1 aliphatic rings. The lowest BCUT2D eigenvalue weighted by Gasteiger charge is -2.06. The SMILES string of the molecule is Cc1nc(-c2csc(S(=O)(=O)Nc3ccc4c(c3)OCO4)c2)no1. The van der Waals surface area contributed by atoms with Crippen molar-refractivity contribution in [1.82, 2.24) is 10.1 Å². The Labute approximate surface area is 141 Å². The molecule has 0 bridgehead atoms. The van der Waals surface area contributed by atoms with E-state index >= 15 is 0 Å². The summed E-state index contributed by atoms with van der Waals surface area (Å²) in [7, 11) is -3.73. The average molecular weight is 365 g/mol. The van der Waals surface area contributed by atoms with Crippen LogP contribution < -0.4 is 14.2 Å². The van der Waals surface area contributed by atoms with Crippen molar-refractivity contribution >= 4 is 27.0 Å². The number of aromatic nitrogens is 2. The van der Waals surface area contributed by atoms with Crippen LogP contribution in [0.2, 0.25) is 0 Å². The molecule has 4 rings (SSSR count). The van der Waals surface area contributed by atoms with Crippen LogP contribution >= 0.6 is 11.3 Å². The van der Waals surface area contributed by atoms with Gasteiger partial charge in [0.2, 0.25) is 18.5 Å². The molecule has 3 heterocycles. The average Bonchev–Trinajstić information content (AvgIpc) is 3.25. The van der Waals surface area contributed by atoms with E-state index in [-0.39, 0.29) is 11.0 Å². The van der Waals surface area contributed by atoms with Crippen molar-refractivity contribution in [3.63, 3.8) is 0 Å². The Morgan fingerprint density at radius 2 is 2.04 bits per heavy atom. The van der Waals surface area contributed by atoms with E-state index in [9.17, 15) is 8.42 Å². The molecule has 1 aromatic carbocycles. The lowest BCUT2D eigenvalue weighted by atomic mass is 10.3. The van der Waals surface area contributed by atoms with Gasteiger partial charge in [-0.25, -0.2) is 8.42 Å². The second-order valence-electron chi connectivity index (χ2n) is 4.96. The molecule has 1 aliphatic heterocycles. The Kier molecular flexibility index (Phi) is 3.43. The number of hydrogen-bond acceptors (Lipinski definition) is 8. The van der Waals surface area contributed by atoms with Crippen LogP contribution in [0.5, 0.6) is 11.5 Å². The first-order valence-electron chi connectivity index (χ1n) is 6.83. The number of ether oxygens (including phenoxy) is 2. The summed E-state index contributed by atoms with van der Waals surface area (Å²) < 4.78 is 43.0. The summed E-state index contributed by atoms with van der Waals surface area (Å²) in [5.74, 6) is 1.86. The molecule has 0 aliphatic carbocycles. The quantitative estimate of drug-likeness (QED) is 0.758. The molecule has 0 amide bonds. The Morgan fingerprint density at radius 1 is 1.21 bits per heavy atom. The molecule has 124 valence electrons. The lowest BCUT2D eigenvalue weighted by molar-refractivity contribution is 0.174. The Balaban J connectivity index is 1.60. The van der Waals surface area contributed by atoms with Gasteiger partial charge in [-0.3, -0.25) is 4.72 Å². The summed E-state index contributed by atoms with van der Waals surface area (Å²) >= 11 is 1.08. The molecule has 3 aromatic rings. The summed E-state index contributed by atoms with van der Waals surface area (Å²) in [6.07, 6.45) is 0. The summed E-state index contributed by atoms with van der Waals surface area (Å²) in [6, 6.07) is 6.35. The number of nitrogens with one attached hydrogen (secondary N) is 1. The first-order valence-corrected chi connectivity index (χ1v) is 9.19. The molecule has 0 atom stereocenters. The fraction of sp³-hybridized carbons (Fsp3) is 0.143. The van der Waals surface area contributed by atoms with Gasteiger partial charge in [-0.2, -0.15) is 4.98 Å². The fourth-order valence-electron chi connectivity index (χ4n) is 2.16. The molecule has 2 aromatic heterocycles. The normalized spacial score (nSPS) is 13.2. The molecular weight excluding hydrogens is 354 g/mol. The fourth-order valence-corrected chi connectivity index (χ4v) is 4.36. The van der Waals surface area contributed by atoms with Gasteiger partial charge in [0.1, 0.15) is 4.21 Å². The van der Waals surface area contributed by atoms with Crippen LogP contribution in [0.4, 0.5) is 5.69 Å². The van der Waals surface area contributed by atoms with Crippen molar-refractivity contribution < 1.29 is 22.4 Å². The van der Waals surface area contributed by atoms with E-state index in [1.54, 1.807) is 30.5 Å². The van der Waals surface area contributed by atoms with Gasteiger partial charge in [-0.1, -0.05) is 5.16 Å². The number of aryl methyl sites for hydroxylation is 1. The van der Waals surface area contributed by atoms with Gasteiger partial charge in [0.05, 0.1) is 5.69 Å². The molecule has 1 N–H and O–H groups in total. The molecule has 24 heavy (non-hydrogen) atoms. The van der Waals surface area contributed by atoms with Crippen LogP contribution in [0.25, 0.3) is 11.4 Å². The summed E-state index contributed by atoms with van der Waals surface area (Å²) in [5.41, 5.74) is 0.979. The summed E-state index contributed by atoms with van der Waals surface area (Å²) in [4.78, 5) is 4.08. The van der Waals surface area contributed by atoms with Gasteiger partial charge in [-0.05, 0) is 18.2 Å². The third-order valence-electron chi connectivity index (χ3n) is 3.25. The zero-order chi connectivity index (χ0) is 16.7. The van der Waals surface area contributed by atoms with E-state index in [4.69, 9.17) is 14.0 Å². The lowest BCUT2D eigenvalue weighted by Crippen LogP contribution is -2.11. The zero-order valence-corrected chi connectivity index (χ0v) is 14.0. The maximum absolute atomic E-state index is 12.5. The van der Waals surface area contributed by atoms with E-state index in [1.165, 1.54) is 6.07 Å². The first kappa shape index (κ1) is 15.0. The van der Waals surface area contributed by atoms with Gasteiger partial charge >= 0.3 is 0 Å². The van der Waals surface area contributed by atoms with Crippen molar-refractivity contribution in [2.45, 2.75) is 11.1 Å². The smallest absolute Gasteiger partial charge is 0.271 e. The highest BCUT2D eigenvalue weighted by Crippen LogP contribution is 2.35. The molecule has 0 unspecified atom stereocenters. The van der Waals surface area contributed by atoms with E-state index in [0.29, 0.717) is 34.5 Å². The number of sulfonamides is 1. The van der Waals surface area contributed by atoms with Gasteiger partial charge < -0.3 is 14.0 Å². The Morgan fingerprint density at radius 3 is 2.83 bits per heavy atom. The molecule has 0 saturated heterocycles. The maximum Gasteiger partial charge on any atom is 0.271 e. The highest BCUT2D eigenvalue weighted by atomic mass is 32.2. The van der Waals surface area contributed by atoms with Crippen molar-refractivity contribution in [2.24, 2.45) is 0 Å². The molecule has 8 nitrogen and oxygen atoms in total. The Hall–Kier alpha value is -2.59. The predicted molar refractivity (Wildman–Crippen MR) is 85.7 cm³/mol. The molecule has 10 heteroatoms. The van der Waals surface area contributed by atoms with Crippen molar-refractivity contribution in [2.75, 3.05) is 11.5 Å². The largest absolute Gasteiger partial charge is 0.454 e. The second kappa shape index (κ2) is 5.49. The number of rotatable bonds is 4. The topological polar surface area (TPSA) is 104 Å². The number of anilines is 1. The summed E-state index contributed by atoms with van der Waals surface area (Å²) in [6.45, 7) is 1.80. The third kappa shape index (κ3) is 2.69. The van der Waals surface area contributed by atoms with Crippen LogP contribution in [-0.2, 0) is 10.0 Å². The number of benzene rings is 1. The number of thiophene rings is 1. The standard InChI is InChI=1S/C14H11N3O5S2/c1-8-15-14(16-22-8)9-4-13(23-6-9)24(18,19)17-10-2-3-11-12(5-10)21-7-20-11/h2-6,17H,7H2,1H3. The van der Waals surface area contributed by atoms with Crippen LogP contribution in [0.15, 0.2) is 38.4 Å².